The molecule has 1 atom stereocenters. The molecular weight excluding hydrogens is 386 g/mol. The first-order valence-corrected chi connectivity index (χ1v) is 9.15. The summed E-state index contributed by atoms with van der Waals surface area (Å²) in [5.41, 5.74) is 5.01. The summed E-state index contributed by atoms with van der Waals surface area (Å²) in [7, 11) is 0. The number of fused-ring (bicyclic) bond motifs is 1. The van der Waals surface area contributed by atoms with Crippen molar-refractivity contribution in [1.82, 2.24) is 0 Å². The van der Waals surface area contributed by atoms with Crippen molar-refractivity contribution in [3.05, 3.63) is 43.2 Å². The van der Waals surface area contributed by atoms with Crippen molar-refractivity contribution < 1.29 is 4.57 Å². The predicted octanol–water partition coefficient (Wildman–Crippen LogP) is 5.38. The number of aromatic nitrogens is 1. The van der Waals surface area contributed by atoms with E-state index in [0.29, 0.717) is 0 Å². The van der Waals surface area contributed by atoms with Gasteiger partial charge >= 0.3 is 0 Å². The van der Waals surface area contributed by atoms with E-state index in [1.54, 1.807) is 4.88 Å². The molecule has 0 bridgehead atoms. The highest BCUT2D eigenvalue weighted by molar-refractivity contribution is 9.11. The van der Waals surface area contributed by atoms with Crippen LogP contribution < -0.4 is 4.57 Å². The lowest BCUT2D eigenvalue weighted by molar-refractivity contribution is -0.601. The fourth-order valence-corrected chi connectivity index (χ4v) is 5.52. The van der Waals surface area contributed by atoms with Gasteiger partial charge in [-0.3, -0.25) is 0 Å². The summed E-state index contributed by atoms with van der Waals surface area (Å²) in [5, 5.41) is 0. The molecule has 0 spiro atoms. The van der Waals surface area contributed by atoms with Gasteiger partial charge < -0.3 is 0 Å². The third kappa shape index (κ3) is 2.43. The van der Waals surface area contributed by atoms with E-state index in [-0.39, 0.29) is 0 Å². The molecule has 3 rings (SSSR count). The summed E-state index contributed by atoms with van der Waals surface area (Å²) in [6.45, 7) is 2.30. The van der Waals surface area contributed by atoms with Gasteiger partial charge in [0.25, 0.3) is 0 Å². The Hall–Kier alpha value is -0.190. The van der Waals surface area contributed by atoms with Crippen molar-refractivity contribution in [2.45, 2.75) is 38.5 Å². The van der Waals surface area contributed by atoms with E-state index in [1.165, 1.54) is 37.1 Å². The molecule has 0 radical (unpaired) electrons. The smallest absolute Gasteiger partial charge is 0.152 e. The first-order valence-electron chi connectivity index (χ1n) is 6.68. The van der Waals surface area contributed by atoms with E-state index in [2.05, 4.69) is 67.1 Å². The number of thiazole rings is 1. The Morgan fingerprint density at radius 2 is 2.05 bits per heavy atom. The van der Waals surface area contributed by atoms with Crippen LogP contribution in [-0.4, -0.2) is 0 Å². The largest absolute Gasteiger partial charge is 0.240 e. The van der Waals surface area contributed by atoms with Crippen LogP contribution in [-0.2, 0) is 6.42 Å². The van der Waals surface area contributed by atoms with Gasteiger partial charge in [-0.1, -0.05) is 24.3 Å². The molecule has 100 valence electrons. The first-order chi connectivity index (χ1) is 9.22. The summed E-state index contributed by atoms with van der Waals surface area (Å²) >= 11 is 9.28. The highest BCUT2D eigenvalue weighted by atomic mass is 79.9. The van der Waals surface area contributed by atoms with Gasteiger partial charge in [0.1, 0.15) is 0 Å². The molecular formula is C15H16Br2NS+. The molecule has 0 fully saturated rings. The Morgan fingerprint density at radius 1 is 1.32 bits per heavy atom. The molecule has 0 aliphatic heterocycles. The van der Waals surface area contributed by atoms with Crippen LogP contribution in [0.5, 0.6) is 0 Å². The lowest BCUT2D eigenvalue weighted by atomic mass is 9.90. The third-order valence-corrected chi connectivity index (χ3v) is 6.29. The zero-order chi connectivity index (χ0) is 13.4. The van der Waals surface area contributed by atoms with E-state index in [9.17, 15) is 0 Å². The average Bonchev–Trinajstić information content (AvgIpc) is 2.82. The van der Waals surface area contributed by atoms with E-state index in [1.807, 2.05) is 11.3 Å². The quantitative estimate of drug-likeness (QED) is 0.594. The van der Waals surface area contributed by atoms with Crippen molar-refractivity contribution in [3.8, 4) is 5.69 Å². The fraction of sp³-hybridized carbons (Fsp3) is 0.400. The Morgan fingerprint density at radius 3 is 2.74 bits per heavy atom. The van der Waals surface area contributed by atoms with Crippen molar-refractivity contribution in [3.63, 3.8) is 0 Å². The third-order valence-electron chi connectivity index (χ3n) is 3.87. The van der Waals surface area contributed by atoms with Gasteiger partial charge in [0.15, 0.2) is 0 Å². The molecule has 1 aromatic carbocycles. The van der Waals surface area contributed by atoms with Gasteiger partial charge in [0.2, 0.25) is 16.9 Å². The maximum atomic E-state index is 3.68. The summed E-state index contributed by atoms with van der Waals surface area (Å²) < 4.78 is 4.66. The molecule has 1 heterocycles. The second-order valence-corrected chi connectivity index (χ2v) is 7.57. The van der Waals surface area contributed by atoms with Crippen molar-refractivity contribution in [1.29, 1.82) is 0 Å². The minimum atomic E-state index is 0.760. The van der Waals surface area contributed by atoms with Crippen LogP contribution >= 0.6 is 43.2 Å². The van der Waals surface area contributed by atoms with E-state index in [4.69, 9.17) is 0 Å². The number of nitrogens with zero attached hydrogens (tertiary/aromatic N) is 1. The van der Waals surface area contributed by atoms with Gasteiger partial charge in [0, 0.05) is 6.42 Å². The van der Waals surface area contributed by atoms with Gasteiger partial charge in [-0.2, -0.15) is 4.57 Å². The molecule has 0 saturated heterocycles. The minimum Gasteiger partial charge on any atom is -0.152 e. The number of rotatable bonds is 2. The number of benzene rings is 1. The Labute approximate surface area is 134 Å². The topological polar surface area (TPSA) is 3.88 Å². The van der Waals surface area contributed by atoms with Crippen LogP contribution in [0.25, 0.3) is 5.69 Å². The zero-order valence-electron chi connectivity index (χ0n) is 10.8. The van der Waals surface area contributed by atoms with E-state index < -0.39 is 0 Å². The SMILES string of the molecule is CCC1CCCc2c1sc[n+]2-c1c(Br)cccc1Br. The Bertz CT molecular complexity index is 586. The molecule has 1 aliphatic carbocycles. The second-order valence-electron chi connectivity index (χ2n) is 4.97. The maximum absolute atomic E-state index is 3.68. The normalized spacial score (nSPS) is 18.4. The summed E-state index contributed by atoms with van der Waals surface area (Å²) in [6, 6.07) is 6.28. The van der Waals surface area contributed by atoms with Gasteiger partial charge in [-0.25, -0.2) is 0 Å². The Kier molecular flexibility index (Phi) is 4.11. The lowest BCUT2D eigenvalue weighted by Gasteiger charge is -2.17. The summed E-state index contributed by atoms with van der Waals surface area (Å²) in [5.74, 6) is 0.760. The minimum absolute atomic E-state index is 0.760. The molecule has 0 saturated carbocycles. The van der Waals surface area contributed by atoms with Crippen LogP contribution in [0, 0.1) is 0 Å². The highest BCUT2D eigenvalue weighted by Crippen LogP contribution is 2.37. The predicted molar refractivity (Wildman–Crippen MR) is 87.2 cm³/mol. The molecule has 1 nitrogen and oxygen atoms in total. The van der Waals surface area contributed by atoms with Crippen molar-refractivity contribution >= 4 is 43.2 Å². The molecule has 19 heavy (non-hydrogen) atoms. The van der Waals surface area contributed by atoms with Crippen molar-refractivity contribution in [2.24, 2.45) is 0 Å². The zero-order valence-corrected chi connectivity index (χ0v) is 14.8. The van der Waals surface area contributed by atoms with Crippen LogP contribution in [0.2, 0.25) is 0 Å². The average molecular weight is 402 g/mol. The number of halogens is 2. The highest BCUT2D eigenvalue weighted by Gasteiger charge is 2.31. The molecule has 1 aliphatic rings. The number of para-hydroxylation sites is 1. The van der Waals surface area contributed by atoms with Gasteiger partial charge in [-0.15, -0.1) is 0 Å². The lowest BCUT2D eigenvalue weighted by Crippen LogP contribution is -2.35. The monoisotopic (exact) mass is 400 g/mol. The van der Waals surface area contributed by atoms with Crippen LogP contribution in [0.4, 0.5) is 0 Å². The number of hydrogen-bond donors (Lipinski definition) is 0. The standard InChI is InChI=1S/C15H16Br2NS/c1-2-10-5-3-8-13-15(10)19-9-18(13)14-11(16)6-4-7-12(14)17/h4,6-7,9-10H,2-3,5,8H2,1H3/q+1. The van der Waals surface area contributed by atoms with Crippen LogP contribution in [0.1, 0.15) is 42.7 Å². The summed E-state index contributed by atoms with van der Waals surface area (Å²) in [6.07, 6.45) is 5.11. The molecule has 4 heteroatoms. The number of hydrogen-bond acceptors (Lipinski definition) is 1. The van der Waals surface area contributed by atoms with E-state index >= 15 is 0 Å². The van der Waals surface area contributed by atoms with Gasteiger partial charge in [0.05, 0.1) is 13.8 Å². The van der Waals surface area contributed by atoms with Gasteiger partial charge in [-0.05, 0) is 69.2 Å². The fourth-order valence-electron chi connectivity index (χ4n) is 2.88. The van der Waals surface area contributed by atoms with Crippen molar-refractivity contribution in [2.75, 3.05) is 0 Å². The maximum Gasteiger partial charge on any atom is 0.240 e. The second kappa shape index (κ2) is 5.66. The molecule has 1 unspecified atom stereocenters. The van der Waals surface area contributed by atoms with Crippen LogP contribution in [0.15, 0.2) is 32.7 Å². The molecule has 0 N–H and O–H groups in total. The van der Waals surface area contributed by atoms with E-state index in [0.717, 1.165) is 14.9 Å². The molecule has 2 aromatic rings. The molecule has 1 aromatic heterocycles. The Balaban J connectivity index is 2.15. The van der Waals surface area contributed by atoms with Crippen LogP contribution in [0.3, 0.4) is 0 Å². The summed E-state index contributed by atoms with van der Waals surface area (Å²) in [4.78, 5) is 1.59. The molecule has 0 amide bonds. The first kappa shape index (κ1) is 13.8.